The lowest BCUT2D eigenvalue weighted by Gasteiger charge is -2.22. The third kappa shape index (κ3) is 9.03. The van der Waals surface area contributed by atoms with E-state index < -0.39 is 0 Å². The van der Waals surface area contributed by atoms with E-state index in [0.717, 1.165) is 5.56 Å². The van der Waals surface area contributed by atoms with Crippen molar-refractivity contribution in [3.63, 3.8) is 0 Å². The Labute approximate surface area is 199 Å². The Hall–Kier alpha value is -3.72. The van der Waals surface area contributed by atoms with Gasteiger partial charge in [-0.3, -0.25) is 9.59 Å². The number of nitrogens with zero attached hydrogens (tertiary/aromatic N) is 1. The van der Waals surface area contributed by atoms with Gasteiger partial charge in [0.1, 0.15) is 0 Å². The Morgan fingerprint density at radius 3 is 2.24 bits per heavy atom. The van der Waals surface area contributed by atoms with E-state index in [1.807, 2.05) is 0 Å². The fraction of sp³-hybridized carbons (Fsp3) is 0.360. The number of amides is 2. The number of phenols is 4. The summed E-state index contributed by atoms with van der Waals surface area (Å²) in [6.07, 6.45) is 5.72. The Bertz CT molecular complexity index is 993. The highest BCUT2D eigenvalue weighted by atomic mass is 16.3. The zero-order valence-corrected chi connectivity index (χ0v) is 19.1. The van der Waals surface area contributed by atoms with Crippen LogP contribution in [0.15, 0.2) is 42.5 Å². The van der Waals surface area contributed by atoms with Crippen LogP contribution >= 0.6 is 0 Å². The minimum Gasteiger partial charge on any atom is -0.504 e. The molecule has 2 rings (SSSR count). The van der Waals surface area contributed by atoms with Crippen LogP contribution in [-0.2, 0) is 16.0 Å². The van der Waals surface area contributed by atoms with Gasteiger partial charge in [0.15, 0.2) is 23.0 Å². The molecule has 2 aromatic carbocycles. The Morgan fingerprint density at radius 2 is 1.56 bits per heavy atom. The first-order valence-corrected chi connectivity index (χ1v) is 11.3. The maximum absolute atomic E-state index is 12.7. The van der Waals surface area contributed by atoms with Crippen LogP contribution in [0.3, 0.4) is 0 Å². The highest BCUT2D eigenvalue weighted by Gasteiger charge is 2.13. The molecule has 0 aliphatic rings. The molecule has 9 nitrogen and oxygen atoms in total. The van der Waals surface area contributed by atoms with Crippen LogP contribution in [-0.4, -0.2) is 63.3 Å². The second kappa shape index (κ2) is 13.7. The third-order valence-corrected chi connectivity index (χ3v) is 5.23. The first-order chi connectivity index (χ1) is 16.3. The smallest absolute Gasteiger partial charge is 0.243 e. The van der Waals surface area contributed by atoms with Crippen LogP contribution in [0.2, 0.25) is 0 Å². The average molecular weight is 472 g/mol. The maximum atomic E-state index is 12.7. The molecular weight excluding hydrogens is 438 g/mol. The molecule has 0 saturated heterocycles. The van der Waals surface area contributed by atoms with Gasteiger partial charge >= 0.3 is 0 Å². The van der Waals surface area contributed by atoms with Crippen LogP contribution in [0.25, 0.3) is 6.08 Å². The number of rotatable bonds is 13. The van der Waals surface area contributed by atoms with E-state index in [-0.39, 0.29) is 41.2 Å². The minimum atomic E-state index is -0.277. The number of hydrogen-bond acceptors (Lipinski definition) is 7. The van der Waals surface area contributed by atoms with Gasteiger partial charge in [0.25, 0.3) is 0 Å². The summed E-state index contributed by atoms with van der Waals surface area (Å²) in [5.74, 6) is -1.16. The number of nitrogens with one attached hydrogen (secondary N) is 1. The standard InChI is InChI=1S/C25H33N3O6/c26-12-3-15-28(25(34)11-7-19-5-9-21(30)23(32)17-19)14-2-1-13-27-24(33)10-6-18-4-8-20(29)22(31)16-18/h4-6,8-10,16-17,29-32H,1-3,7,11-15,26H2,(H,27,33)/b10-6+. The zero-order chi connectivity index (χ0) is 24.9. The molecule has 7 N–H and O–H groups in total. The van der Waals surface area contributed by atoms with E-state index in [1.165, 1.54) is 36.4 Å². The SMILES string of the molecule is NCCCN(CCCCNC(=O)/C=C/c1ccc(O)c(O)c1)C(=O)CCc1ccc(O)c(O)c1. The number of unbranched alkanes of at least 4 members (excludes halogenated alkanes) is 1. The summed E-state index contributed by atoms with van der Waals surface area (Å²) >= 11 is 0. The average Bonchev–Trinajstić information content (AvgIpc) is 2.82. The van der Waals surface area contributed by atoms with E-state index in [1.54, 1.807) is 17.0 Å². The summed E-state index contributed by atoms with van der Waals surface area (Å²) in [5, 5.41) is 40.6. The summed E-state index contributed by atoms with van der Waals surface area (Å²) in [4.78, 5) is 26.4. The molecule has 0 aromatic heterocycles. The molecule has 2 amide bonds. The minimum absolute atomic E-state index is 0.00914. The van der Waals surface area contributed by atoms with Crippen LogP contribution in [0.4, 0.5) is 0 Å². The highest BCUT2D eigenvalue weighted by molar-refractivity contribution is 5.91. The Morgan fingerprint density at radius 1 is 0.882 bits per heavy atom. The summed E-state index contributed by atoms with van der Waals surface area (Å²) in [6.45, 7) is 2.05. The van der Waals surface area contributed by atoms with Crippen molar-refractivity contribution in [1.29, 1.82) is 0 Å². The van der Waals surface area contributed by atoms with Crippen LogP contribution in [0.5, 0.6) is 23.0 Å². The number of aromatic hydroxyl groups is 4. The normalized spacial score (nSPS) is 11.0. The molecule has 184 valence electrons. The lowest BCUT2D eigenvalue weighted by molar-refractivity contribution is -0.131. The number of carbonyl (C=O) groups is 2. The monoisotopic (exact) mass is 471 g/mol. The largest absolute Gasteiger partial charge is 0.504 e. The quantitative estimate of drug-likeness (QED) is 0.149. The van der Waals surface area contributed by atoms with Gasteiger partial charge in [-0.25, -0.2) is 0 Å². The topological polar surface area (TPSA) is 156 Å². The van der Waals surface area contributed by atoms with Gasteiger partial charge < -0.3 is 36.4 Å². The molecule has 0 atom stereocenters. The number of aryl methyl sites for hydroxylation is 1. The molecule has 2 aromatic rings. The molecule has 0 spiro atoms. The van der Waals surface area contributed by atoms with Gasteiger partial charge in [-0.1, -0.05) is 12.1 Å². The molecule has 0 heterocycles. The van der Waals surface area contributed by atoms with Crippen LogP contribution in [0.1, 0.15) is 36.8 Å². The fourth-order valence-corrected chi connectivity index (χ4v) is 3.29. The molecule has 0 aliphatic carbocycles. The van der Waals surface area contributed by atoms with E-state index in [9.17, 15) is 30.0 Å². The first-order valence-electron chi connectivity index (χ1n) is 11.3. The predicted octanol–water partition coefficient (Wildman–Crippen LogP) is 2.23. The predicted molar refractivity (Wildman–Crippen MR) is 129 cm³/mol. The summed E-state index contributed by atoms with van der Waals surface area (Å²) < 4.78 is 0. The number of nitrogens with two attached hydrogens (primary N) is 1. The zero-order valence-electron chi connectivity index (χ0n) is 19.1. The van der Waals surface area contributed by atoms with Crippen molar-refractivity contribution in [3.8, 4) is 23.0 Å². The van der Waals surface area contributed by atoms with E-state index in [4.69, 9.17) is 5.73 Å². The van der Waals surface area contributed by atoms with E-state index in [0.29, 0.717) is 57.4 Å². The lowest BCUT2D eigenvalue weighted by atomic mass is 10.1. The molecule has 0 saturated carbocycles. The number of benzene rings is 2. The number of phenolic OH excluding ortho intramolecular Hbond substituents is 4. The summed E-state index contributed by atoms with van der Waals surface area (Å²) in [7, 11) is 0. The van der Waals surface area contributed by atoms with E-state index in [2.05, 4.69) is 5.32 Å². The fourth-order valence-electron chi connectivity index (χ4n) is 3.29. The molecule has 9 heteroatoms. The van der Waals surface area contributed by atoms with Crippen molar-refractivity contribution in [2.45, 2.75) is 32.1 Å². The second-order valence-electron chi connectivity index (χ2n) is 7.93. The lowest BCUT2D eigenvalue weighted by Crippen LogP contribution is -2.34. The van der Waals surface area contributed by atoms with Crippen LogP contribution < -0.4 is 11.1 Å². The van der Waals surface area contributed by atoms with Crippen molar-refractivity contribution in [2.75, 3.05) is 26.2 Å². The van der Waals surface area contributed by atoms with Gasteiger partial charge in [-0.15, -0.1) is 0 Å². The summed E-state index contributed by atoms with van der Waals surface area (Å²) in [6, 6.07) is 8.81. The Balaban J connectivity index is 1.73. The Kier molecular flexibility index (Phi) is 10.7. The number of hydrogen-bond donors (Lipinski definition) is 6. The summed E-state index contributed by atoms with van der Waals surface area (Å²) in [5.41, 5.74) is 6.95. The molecule has 0 aliphatic heterocycles. The van der Waals surface area contributed by atoms with Crippen molar-refractivity contribution in [1.82, 2.24) is 10.2 Å². The first kappa shape index (κ1) is 26.5. The van der Waals surface area contributed by atoms with Gasteiger partial charge in [-0.2, -0.15) is 0 Å². The van der Waals surface area contributed by atoms with Gasteiger partial charge in [0, 0.05) is 32.1 Å². The van der Waals surface area contributed by atoms with Crippen LogP contribution in [0, 0.1) is 0 Å². The molecular formula is C25H33N3O6. The molecule has 0 fully saturated rings. The maximum Gasteiger partial charge on any atom is 0.243 e. The van der Waals surface area contributed by atoms with Gasteiger partial charge in [0.05, 0.1) is 0 Å². The van der Waals surface area contributed by atoms with Gasteiger partial charge in [0.2, 0.25) is 11.8 Å². The molecule has 0 unspecified atom stereocenters. The molecule has 0 radical (unpaired) electrons. The van der Waals surface area contributed by atoms with Crippen molar-refractivity contribution in [2.24, 2.45) is 5.73 Å². The van der Waals surface area contributed by atoms with E-state index >= 15 is 0 Å². The van der Waals surface area contributed by atoms with Gasteiger partial charge in [-0.05, 0) is 73.7 Å². The number of carbonyl (C=O) groups excluding carboxylic acids is 2. The molecule has 34 heavy (non-hydrogen) atoms. The van der Waals surface area contributed by atoms with Crippen molar-refractivity contribution < 1.29 is 30.0 Å². The second-order valence-corrected chi connectivity index (χ2v) is 7.93. The molecule has 0 bridgehead atoms. The highest BCUT2D eigenvalue weighted by Crippen LogP contribution is 2.26. The van der Waals surface area contributed by atoms with Crippen molar-refractivity contribution >= 4 is 17.9 Å². The van der Waals surface area contributed by atoms with Crippen molar-refractivity contribution in [3.05, 3.63) is 53.6 Å². The third-order valence-electron chi connectivity index (χ3n) is 5.23.